The second kappa shape index (κ2) is 5.27. The molecule has 0 heterocycles. The van der Waals surface area contributed by atoms with Crippen LogP contribution in [0.2, 0.25) is 5.72 Å². The molecule has 0 amide bonds. The minimum absolute atomic E-state index is 0.904. The minimum atomic E-state index is 0.904. The highest BCUT2D eigenvalue weighted by molar-refractivity contribution is 6.35. The van der Waals surface area contributed by atoms with E-state index in [4.69, 9.17) is 0 Å². The molecule has 0 bridgehead atoms. The fourth-order valence-corrected chi connectivity index (χ4v) is 0.803. The van der Waals surface area contributed by atoms with Crippen LogP contribution in [0.3, 0.4) is 0 Å². The van der Waals surface area contributed by atoms with Crippen molar-refractivity contribution < 1.29 is 0 Å². The van der Waals surface area contributed by atoms with E-state index in [0.29, 0.717) is 0 Å². The zero-order valence-corrected chi connectivity index (χ0v) is 6.41. The van der Waals surface area contributed by atoms with E-state index >= 15 is 0 Å². The standard InChI is InChI=1S/C6H16B2/c1-2-3-4-5-6(7)8/h6H,2-5,7-8H2,1H3. The Bertz CT molecular complexity index is 43.8. The van der Waals surface area contributed by atoms with Crippen LogP contribution in [0.25, 0.3) is 0 Å². The lowest BCUT2D eigenvalue weighted by Gasteiger charge is -2.00. The van der Waals surface area contributed by atoms with E-state index in [1.54, 1.807) is 0 Å². The van der Waals surface area contributed by atoms with Crippen LogP contribution in [0, 0.1) is 0 Å². The number of unbranched alkanes of at least 4 members (excludes halogenated alkanes) is 2. The molecule has 0 radical (unpaired) electrons. The molecule has 0 N–H and O–H groups in total. The van der Waals surface area contributed by atoms with Gasteiger partial charge in [0.1, 0.15) is 0 Å². The summed E-state index contributed by atoms with van der Waals surface area (Å²) in [6, 6.07) is 0. The molecule has 0 aliphatic heterocycles. The van der Waals surface area contributed by atoms with E-state index in [1.165, 1.54) is 25.7 Å². The molecule has 0 saturated heterocycles. The van der Waals surface area contributed by atoms with Gasteiger partial charge in [0.25, 0.3) is 0 Å². The summed E-state index contributed by atoms with van der Waals surface area (Å²) >= 11 is 0. The Morgan fingerprint density at radius 2 is 1.88 bits per heavy atom. The smallest absolute Gasteiger partial charge is 0.0957 e. The summed E-state index contributed by atoms with van der Waals surface area (Å²) in [6.45, 7) is 2.25. The van der Waals surface area contributed by atoms with Crippen LogP contribution in [-0.2, 0) is 0 Å². The average molecular weight is 110 g/mol. The molecule has 0 spiro atoms. The normalized spacial score (nSPS) is 10.2. The topological polar surface area (TPSA) is 0 Å². The zero-order valence-electron chi connectivity index (χ0n) is 6.41. The van der Waals surface area contributed by atoms with Gasteiger partial charge in [-0.3, -0.25) is 0 Å². The van der Waals surface area contributed by atoms with E-state index in [-0.39, 0.29) is 0 Å². The Morgan fingerprint density at radius 1 is 1.25 bits per heavy atom. The highest BCUT2D eigenvalue weighted by Gasteiger charge is 1.91. The van der Waals surface area contributed by atoms with Gasteiger partial charge in [0.15, 0.2) is 0 Å². The largest absolute Gasteiger partial charge is 0.0959 e. The summed E-state index contributed by atoms with van der Waals surface area (Å²) in [5.74, 6) is 0. The third kappa shape index (κ3) is 6.13. The van der Waals surface area contributed by atoms with Gasteiger partial charge in [0.2, 0.25) is 0 Å². The summed E-state index contributed by atoms with van der Waals surface area (Å²) < 4.78 is 0. The fourth-order valence-electron chi connectivity index (χ4n) is 0.803. The Labute approximate surface area is 54.9 Å². The van der Waals surface area contributed by atoms with E-state index in [2.05, 4.69) is 22.6 Å². The highest BCUT2D eigenvalue weighted by Crippen LogP contribution is 2.06. The van der Waals surface area contributed by atoms with Gasteiger partial charge in [-0.25, -0.2) is 0 Å². The predicted molar refractivity (Wildman–Crippen MR) is 45.0 cm³/mol. The Balaban J connectivity index is 2.72. The monoisotopic (exact) mass is 110 g/mol. The molecule has 0 aliphatic rings. The van der Waals surface area contributed by atoms with Gasteiger partial charge in [-0.2, -0.15) is 0 Å². The summed E-state index contributed by atoms with van der Waals surface area (Å²) in [6.07, 6.45) is 5.60. The Morgan fingerprint density at radius 3 is 2.25 bits per heavy atom. The molecule has 8 heavy (non-hydrogen) atoms. The molecule has 2 heteroatoms. The second-order valence-electron chi connectivity index (χ2n) is 2.89. The molecule has 0 aliphatic carbocycles. The first kappa shape index (κ1) is 8.13. The van der Waals surface area contributed by atoms with Crippen molar-refractivity contribution in [3.63, 3.8) is 0 Å². The van der Waals surface area contributed by atoms with Crippen LogP contribution in [-0.4, -0.2) is 15.7 Å². The van der Waals surface area contributed by atoms with Crippen molar-refractivity contribution in [2.45, 2.75) is 38.3 Å². The second-order valence-corrected chi connectivity index (χ2v) is 2.89. The van der Waals surface area contributed by atoms with Crippen LogP contribution >= 0.6 is 0 Å². The average Bonchev–Trinajstić information content (AvgIpc) is 1.66. The van der Waals surface area contributed by atoms with Crippen LogP contribution in [0.15, 0.2) is 0 Å². The van der Waals surface area contributed by atoms with Gasteiger partial charge in [0, 0.05) is 0 Å². The maximum absolute atomic E-state index is 2.29. The van der Waals surface area contributed by atoms with Crippen molar-refractivity contribution in [2.24, 2.45) is 0 Å². The maximum atomic E-state index is 2.29. The van der Waals surface area contributed by atoms with Crippen molar-refractivity contribution >= 4 is 15.7 Å². The molecule has 0 atom stereocenters. The van der Waals surface area contributed by atoms with Gasteiger partial charge in [0.05, 0.1) is 15.7 Å². The van der Waals surface area contributed by atoms with Gasteiger partial charge in [-0.1, -0.05) is 38.3 Å². The van der Waals surface area contributed by atoms with E-state index in [9.17, 15) is 0 Å². The van der Waals surface area contributed by atoms with Crippen LogP contribution in [0.1, 0.15) is 32.6 Å². The minimum Gasteiger partial charge on any atom is -0.0959 e. The van der Waals surface area contributed by atoms with E-state index in [1.807, 2.05) is 0 Å². The van der Waals surface area contributed by atoms with Crippen molar-refractivity contribution in [1.82, 2.24) is 0 Å². The zero-order chi connectivity index (χ0) is 6.41. The van der Waals surface area contributed by atoms with Gasteiger partial charge in [-0.15, -0.1) is 0 Å². The molecule has 0 aromatic rings. The maximum Gasteiger partial charge on any atom is 0.0957 e. The molecule has 0 rings (SSSR count). The van der Waals surface area contributed by atoms with Gasteiger partial charge >= 0.3 is 0 Å². The molecule has 0 aromatic carbocycles. The van der Waals surface area contributed by atoms with Crippen LogP contribution in [0.4, 0.5) is 0 Å². The van der Waals surface area contributed by atoms with E-state index < -0.39 is 0 Å². The first-order chi connectivity index (χ1) is 3.77. The van der Waals surface area contributed by atoms with Gasteiger partial charge in [-0.05, 0) is 0 Å². The SMILES string of the molecule is BC(B)CCCCC. The first-order valence-electron chi connectivity index (χ1n) is 3.77. The molecule has 0 saturated carbocycles. The molecular weight excluding hydrogens is 93.7 g/mol. The van der Waals surface area contributed by atoms with Crippen molar-refractivity contribution in [3.8, 4) is 0 Å². The molecule has 0 aromatic heterocycles. The summed E-state index contributed by atoms with van der Waals surface area (Å²) in [5, 5.41) is 0. The third-order valence-electron chi connectivity index (χ3n) is 1.39. The quantitative estimate of drug-likeness (QED) is 0.366. The summed E-state index contributed by atoms with van der Waals surface area (Å²) in [7, 11) is 4.57. The molecular formula is C6H16B2. The lowest BCUT2D eigenvalue weighted by Crippen LogP contribution is -1.89. The molecule has 0 fully saturated rings. The number of hydrogen-bond acceptors (Lipinski definition) is 0. The number of rotatable bonds is 4. The van der Waals surface area contributed by atoms with Crippen LogP contribution < -0.4 is 0 Å². The lowest BCUT2D eigenvalue weighted by molar-refractivity contribution is 0.689. The fraction of sp³-hybridized carbons (Fsp3) is 1.00. The summed E-state index contributed by atoms with van der Waals surface area (Å²) in [5.41, 5.74) is 0.904. The third-order valence-corrected chi connectivity index (χ3v) is 1.39. The van der Waals surface area contributed by atoms with Crippen molar-refractivity contribution in [2.75, 3.05) is 0 Å². The molecule has 46 valence electrons. The first-order valence-corrected chi connectivity index (χ1v) is 3.77. The Kier molecular flexibility index (Phi) is 5.36. The molecule has 0 nitrogen and oxygen atoms in total. The molecule has 0 unspecified atom stereocenters. The lowest BCUT2D eigenvalue weighted by atomic mass is 9.68. The highest BCUT2D eigenvalue weighted by atomic mass is 13.9. The summed E-state index contributed by atoms with van der Waals surface area (Å²) in [4.78, 5) is 0. The predicted octanol–water partition coefficient (Wildman–Crippen LogP) is 0.579. The van der Waals surface area contributed by atoms with Crippen molar-refractivity contribution in [3.05, 3.63) is 0 Å². The number of hydrogen-bond donors (Lipinski definition) is 0. The van der Waals surface area contributed by atoms with E-state index in [0.717, 1.165) is 5.72 Å². The van der Waals surface area contributed by atoms with Gasteiger partial charge < -0.3 is 0 Å². The Hall–Kier alpha value is 0.130. The van der Waals surface area contributed by atoms with Crippen molar-refractivity contribution in [1.29, 1.82) is 0 Å². The van der Waals surface area contributed by atoms with Crippen LogP contribution in [0.5, 0.6) is 0 Å².